The lowest BCUT2D eigenvalue weighted by Gasteiger charge is -2.06. The first-order chi connectivity index (χ1) is 6.15. The molecule has 70 valence electrons. The zero-order chi connectivity index (χ0) is 9.84. The van der Waals surface area contributed by atoms with Crippen LogP contribution in [0.25, 0.3) is 0 Å². The largest absolute Gasteiger partial charge is 0.479 e. The van der Waals surface area contributed by atoms with Gasteiger partial charge in [-0.1, -0.05) is 31.2 Å². The van der Waals surface area contributed by atoms with Gasteiger partial charge in [0.05, 0.1) is 0 Å². The standard InChI is InChI=1S/C10H12O3/c1-2-7-4-3-5-8(6-7)9(11)10(12)13/h3-6,9,11H,2H2,1H3,(H,12,13). The van der Waals surface area contributed by atoms with Crippen LogP contribution in [0.5, 0.6) is 0 Å². The molecule has 0 spiro atoms. The third kappa shape index (κ3) is 2.29. The fourth-order valence-corrected chi connectivity index (χ4v) is 1.13. The van der Waals surface area contributed by atoms with Crippen LogP contribution in [0, 0.1) is 0 Å². The maximum absolute atomic E-state index is 10.4. The molecule has 1 aromatic carbocycles. The Balaban J connectivity index is 2.94. The molecule has 1 unspecified atom stereocenters. The number of aryl methyl sites for hydroxylation is 1. The van der Waals surface area contributed by atoms with Crippen molar-refractivity contribution in [2.75, 3.05) is 0 Å². The van der Waals surface area contributed by atoms with E-state index < -0.39 is 12.1 Å². The van der Waals surface area contributed by atoms with E-state index in [0.29, 0.717) is 5.56 Å². The van der Waals surface area contributed by atoms with Crippen LogP contribution in [-0.2, 0) is 11.2 Å². The van der Waals surface area contributed by atoms with Crippen LogP contribution in [0.1, 0.15) is 24.2 Å². The van der Waals surface area contributed by atoms with Gasteiger partial charge in [0.15, 0.2) is 6.10 Å². The van der Waals surface area contributed by atoms with E-state index in [0.717, 1.165) is 12.0 Å². The minimum Gasteiger partial charge on any atom is -0.479 e. The van der Waals surface area contributed by atoms with Crippen molar-refractivity contribution in [2.24, 2.45) is 0 Å². The molecule has 0 aliphatic carbocycles. The lowest BCUT2D eigenvalue weighted by Crippen LogP contribution is -2.10. The summed E-state index contributed by atoms with van der Waals surface area (Å²) in [7, 11) is 0. The van der Waals surface area contributed by atoms with E-state index in [1.165, 1.54) is 0 Å². The van der Waals surface area contributed by atoms with Crippen molar-refractivity contribution in [2.45, 2.75) is 19.4 Å². The van der Waals surface area contributed by atoms with Gasteiger partial charge < -0.3 is 10.2 Å². The van der Waals surface area contributed by atoms with Crippen molar-refractivity contribution in [3.63, 3.8) is 0 Å². The molecular formula is C10H12O3. The van der Waals surface area contributed by atoms with Gasteiger partial charge in [0.2, 0.25) is 0 Å². The molecule has 1 rings (SSSR count). The highest BCUT2D eigenvalue weighted by atomic mass is 16.4. The second-order valence-electron chi connectivity index (χ2n) is 2.84. The number of rotatable bonds is 3. The molecule has 0 aromatic heterocycles. The molecule has 3 heteroatoms. The quantitative estimate of drug-likeness (QED) is 0.738. The lowest BCUT2D eigenvalue weighted by molar-refractivity contribution is -0.146. The Kier molecular flexibility index (Phi) is 3.03. The number of carbonyl (C=O) groups is 1. The highest BCUT2D eigenvalue weighted by Crippen LogP contribution is 2.14. The van der Waals surface area contributed by atoms with E-state index in [4.69, 9.17) is 5.11 Å². The van der Waals surface area contributed by atoms with Crippen LogP contribution in [0.3, 0.4) is 0 Å². The Morgan fingerprint density at radius 2 is 2.23 bits per heavy atom. The minimum atomic E-state index is -1.41. The zero-order valence-electron chi connectivity index (χ0n) is 7.40. The molecule has 0 aliphatic heterocycles. The minimum absolute atomic E-state index is 0.437. The van der Waals surface area contributed by atoms with Crippen LogP contribution >= 0.6 is 0 Å². The average Bonchev–Trinajstić information content (AvgIpc) is 2.16. The zero-order valence-corrected chi connectivity index (χ0v) is 7.40. The van der Waals surface area contributed by atoms with Crippen molar-refractivity contribution in [3.05, 3.63) is 35.4 Å². The second kappa shape index (κ2) is 4.05. The average molecular weight is 180 g/mol. The SMILES string of the molecule is CCc1cccc(C(O)C(=O)O)c1. The fourth-order valence-electron chi connectivity index (χ4n) is 1.13. The Bertz CT molecular complexity index is 307. The van der Waals surface area contributed by atoms with E-state index in [1.54, 1.807) is 18.2 Å². The fraction of sp³-hybridized carbons (Fsp3) is 0.300. The van der Waals surface area contributed by atoms with Gasteiger partial charge in [-0.25, -0.2) is 4.79 Å². The lowest BCUT2D eigenvalue weighted by atomic mass is 10.0. The molecular weight excluding hydrogens is 168 g/mol. The Morgan fingerprint density at radius 3 is 2.77 bits per heavy atom. The van der Waals surface area contributed by atoms with Crippen LogP contribution in [0.15, 0.2) is 24.3 Å². The number of benzene rings is 1. The summed E-state index contributed by atoms with van der Waals surface area (Å²) in [5.74, 6) is -1.21. The molecule has 0 saturated heterocycles. The summed E-state index contributed by atoms with van der Waals surface area (Å²) in [6.45, 7) is 1.98. The number of hydrogen-bond donors (Lipinski definition) is 2. The van der Waals surface area contributed by atoms with E-state index in [2.05, 4.69) is 0 Å². The normalized spacial score (nSPS) is 12.5. The summed E-state index contributed by atoms with van der Waals surface area (Å²) >= 11 is 0. The number of carboxylic acids is 1. The summed E-state index contributed by atoms with van der Waals surface area (Å²) in [5.41, 5.74) is 1.46. The number of aliphatic hydroxyl groups excluding tert-OH is 1. The topological polar surface area (TPSA) is 57.5 Å². The predicted molar refractivity (Wildman–Crippen MR) is 48.4 cm³/mol. The maximum atomic E-state index is 10.4. The Labute approximate surface area is 76.6 Å². The number of hydrogen-bond acceptors (Lipinski definition) is 2. The van der Waals surface area contributed by atoms with E-state index >= 15 is 0 Å². The van der Waals surface area contributed by atoms with E-state index in [9.17, 15) is 9.90 Å². The number of aliphatic carboxylic acids is 1. The van der Waals surface area contributed by atoms with Gasteiger partial charge in [-0.3, -0.25) is 0 Å². The molecule has 0 bridgehead atoms. The van der Waals surface area contributed by atoms with Gasteiger partial charge >= 0.3 is 5.97 Å². The molecule has 0 fully saturated rings. The number of aliphatic hydroxyl groups is 1. The van der Waals surface area contributed by atoms with Gasteiger partial charge in [0, 0.05) is 0 Å². The first-order valence-electron chi connectivity index (χ1n) is 4.15. The van der Waals surface area contributed by atoms with Crippen molar-refractivity contribution in [3.8, 4) is 0 Å². The second-order valence-corrected chi connectivity index (χ2v) is 2.84. The van der Waals surface area contributed by atoms with Crippen molar-refractivity contribution in [1.29, 1.82) is 0 Å². The number of carboxylic acid groups (broad SMARTS) is 1. The van der Waals surface area contributed by atoms with Gasteiger partial charge in [-0.15, -0.1) is 0 Å². The monoisotopic (exact) mass is 180 g/mol. The smallest absolute Gasteiger partial charge is 0.337 e. The van der Waals surface area contributed by atoms with Crippen LogP contribution in [-0.4, -0.2) is 16.2 Å². The molecule has 0 aliphatic rings. The molecule has 0 heterocycles. The summed E-state index contributed by atoms with van der Waals surface area (Å²) < 4.78 is 0. The van der Waals surface area contributed by atoms with Gasteiger partial charge in [0.1, 0.15) is 0 Å². The molecule has 13 heavy (non-hydrogen) atoms. The first kappa shape index (κ1) is 9.74. The van der Waals surface area contributed by atoms with Gasteiger partial charge in [0.25, 0.3) is 0 Å². The van der Waals surface area contributed by atoms with E-state index in [1.807, 2.05) is 13.0 Å². The van der Waals surface area contributed by atoms with Crippen molar-refractivity contribution >= 4 is 5.97 Å². The molecule has 0 radical (unpaired) electrons. The summed E-state index contributed by atoms with van der Waals surface area (Å²) in [6.07, 6.45) is -0.577. The van der Waals surface area contributed by atoms with Crippen molar-refractivity contribution < 1.29 is 15.0 Å². The highest BCUT2D eigenvalue weighted by Gasteiger charge is 2.15. The van der Waals surface area contributed by atoms with Crippen molar-refractivity contribution in [1.82, 2.24) is 0 Å². The molecule has 3 nitrogen and oxygen atoms in total. The third-order valence-corrected chi connectivity index (χ3v) is 1.91. The molecule has 1 atom stereocenters. The molecule has 0 saturated carbocycles. The highest BCUT2D eigenvalue weighted by molar-refractivity contribution is 5.74. The van der Waals surface area contributed by atoms with Gasteiger partial charge in [-0.05, 0) is 17.5 Å². The molecule has 2 N–H and O–H groups in total. The van der Waals surface area contributed by atoms with Crippen LogP contribution < -0.4 is 0 Å². The summed E-state index contributed by atoms with van der Waals surface area (Å²) in [6, 6.07) is 6.97. The third-order valence-electron chi connectivity index (χ3n) is 1.91. The van der Waals surface area contributed by atoms with E-state index in [-0.39, 0.29) is 0 Å². The summed E-state index contributed by atoms with van der Waals surface area (Å²) in [4.78, 5) is 10.4. The Hall–Kier alpha value is -1.35. The van der Waals surface area contributed by atoms with Crippen LogP contribution in [0.4, 0.5) is 0 Å². The first-order valence-corrected chi connectivity index (χ1v) is 4.15. The maximum Gasteiger partial charge on any atom is 0.337 e. The molecule has 0 amide bonds. The molecule has 1 aromatic rings. The van der Waals surface area contributed by atoms with Crippen LogP contribution in [0.2, 0.25) is 0 Å². The summed E-state index contributed by atoms with van der Waals surface area (Å²) in [5, 5.41) is 17.8. The van der Waals surface area contributed by atoms with Gasteiger partial charge in [-0.2, -0.15) is 0 Å². The Morgan fingerprint density at radius 1 is 1.54 bits per heavy atom. The predicted octanol–water partition coefficient (Wildman–Crippen LogP) is 1.37.